The van der Waals surface area contributed by atoms with Gasteiger partial charge >= 0.3 is 0 Å². The Morgan fingerprint density at radius 3 is 2.85 bits per heavy atom. The number of aromatic amines is 1. The summed E-state index contributed by atoms with van der Waals surface area (Å²) in [5, 5.41) is 5.71. The Kier molecular flexibility index (Phi) is 5.08. The Labute approximate surface area is 162 Å². The van der Waals surface area contributed by atoms with Crippen molar-refractivity contribution in [1.29, 1.82) is 0 Å². The molecule has 27 heavy (non-hydrogen) atoms. The highest BCUT2D eigenvalue weighted by Crippen LogP contribution is 2.31. The average molecular weight is 397 g/mol. The molecule has 4 aromatic rings. The maximum absolute atomic E-state index is 12.6. The second-order valence-electron chi connectivity index (χ2n) is 5.71. The van der Waals surface area contributed by atoms with E-state index in [0.29, 0.717) is 27.7 Å². The van der Waals surface area contributed by atoms with Crippen molar-refractivity contribution in [3.05, 3.63) is 70.2 Å². The van der Waals surface area contributed by atoms with Crippen LogP contribution in [0.1, 0.15) is 5.76 Å². The van der Waals surface area contributed by atoms with Gasteiger partial charge in [0.2, 0.25) is 5.91 Å². The van der Waals surface area contributed by atoms with E-state index in [1.165, 1.54) is 23.1 Å². The van der Waals surface area contributed by atoms with Crippen LogP contribution in [0, 0.1) is 0 Å². The minimum absolute atomic E-state index is 0.157. The Hall–Kier alpha value is -2.84. The van der Waals surface area contributed by atoms with E-state index in [-0.39, 0.29) is 17.2 Å². The third-order valence-electron chi connectivity index (χ3n) is 3.89. The predicted molar refractivity (Wildman–Crippen MR) is 107 cm³/mol. The van der Waals surface area contributed by atoms with Gasteiger partial charge in [-0.25, -0.2) is 4.98 Å². The van der Waals surface area contributed by atoms with Crippen LogP contribution in [0.3, 0.4) is 0 Å². The van der Waals surface area contributed by atoms with E-state index in [1.54, 1.807) is 18.4 Å². The largest absolute Gasteiger partial charge is 0.467 e. The third kappa shape index (κ3) is 3.96. The van der Waals surface area contributed by atoms with Crippen molar-refractivity contribution >= 4 is 39.2 Å². The molecule has 0 atom stereocenters. The summed E-state index contributed by atoms with van der Waals surface area (Å²) in [5.74, 6) is 0.690. The zero-order chi connectivity index (χ0) is 18.6. The van der Waals surface area contributed by atoms with Crippen LogP contribution in [-0.4, -0.2) is 21.6 Å². The molecule has 0 unspecified atom stereocenters. The quantitative estimate of drug-likeness (QED) is 0.383. The van der Waals surface area contributed by atoms with Crippen LogP contribution in [0.4, 0.5) is 0 Å². The molecule has 0 fully saturated rings. The van der Waals surface area contributed by atoms with E-state index < -0.39 is 0 Å². The Morgan fingerprint density at radius 2 is 2.07 bits per heavy atom. The zero-order valence-corrected chi connectivity index (χ0v) is 15.7. The van der Waals surface area contributed by atoms with E-state index >= 15 is 0 Å². The van der Waals surface area contributed by atoms with Gasteiger partial charge in [0.1, 0.15) is 10.6 Å². The Bertz CT molecular complexity index is 1120. The molecule has 1 amide bonds. The van der Waals surface area contributed by atoms with E-state index in [2.05, 4.69) is 15.3 Å². The lowest BCUT2D eigenvalue weighted by Crippen LogP contribution is -2.24. The molecule has 3 heterocycles. The van der Waals surface area contributed by atoms with Crippen LogP contribution < -0.4 is 10.9 Å². The average Bonchev–Trinajstić information content (AvgIpc) is 3.35. The molecule has 6 nitrogen and oxygen atoms in total. The molecule has 0 saturated heterocycles. The number of thiophene rings is 1. The van der Waals surface area contributed by atoms with Gasteiger partial charge in [-0.15, -0.1) is 11.3 Å². The Balaban J connectivity index is 1.47. The van der Waals surface area contributed by atoms with Crippen LogP contribution in [0.25, 0.3) is 21.3 Å². The first-order valence-electron chi connectivity index (χ1n) is 8.19. The zero-order valence-electron chi connectivity index (χ0n) is 14.1. The first kappa shape index (κ1) is 17.6. The molecule has 0 aliphatic carbocycles. The van der Waals surface area contributed by atoms with Crippen LogP contribution in [0.5, 0.6) is 0 Å². The summed E-state index contributed by atoms with van der Waals surface area (Å²) in [6, 6.07) is 13.3. The predicted octanol–water partition coefficient (Wildman–Crippen LogP) is 3.65. The van der Waals surface area contributed by atoms with Gasteiger partial charge in [0, 0.05) is 10.9 Å². The number of aromatic nitrogens is 2. The molecule has 0 radical (unpaired) electrons. The first-order valence-corrected chi connectivity index (χ1v) is 10.1. The maximum atomic E-state index is 12.6. The van der Waals surface area contributed by atoms with Crippen LogP contribution in [-0.2, 0) is 11.3 Å². The van der Waals surface area contributed by atoms with Gasteiger partial charge in [-0.3, -0.25) is 9.59 Å². The van der Waals surface area contributed by atoms with Gasteiger partial charge in [0.15, 0.2) is 5.16 Å². The van der Waals surface area contributed by atoms with Crippen LogP contribution in [0.15, 0.2) is 68.5 Å². The van der Waals surface area contributed by atoms with Crippen molar-refractivity contribution in [1.82, 2.24) is 15.3 Å². The fourth-order valence-electron chi connectivity index (χ4n) is 2.61. The summed E-state index contributed by atoms with van der Waals surface area (Å²) in [6.45, 7) is 0.334. The molecule has 3 aromatic heterocycles. The number of hydrogen-bond donors (Lipinski definition) is 2. The van der Waals surface area contributed by atoms with E-state index in [0.717, 1.165) is 11.1 Å². The second kappa shape index (κ2) is 7.81. The summed E-state index contributed by atoms with van der Waals surface area (Å²) in [5.41, 5.74) is 1.66. The third-order valence-corrected chi connectivity index (χ3v) is 5.63. The number of amides is 1. The lowest BCUT2D eigenvalue weighted by molar-refractivity contribution is -0.118. The van der Waals surface area contributed by atoms with Crippen molar-refractivity contribution in [3.8, 4) is 11.1 Å². The number of H-pyrrole nitrogens is 1. The van der Waals surface area contributed by atoms with Crippen molar-refractivity contribution in [2.75, 3.05) is 5.75 Å². The monoisotopic (exact) mass is 397 g/mol. The number of nitrogens with one attached hydrogen (secondary N) is 2. The number of benzene rings is 1. The highest BCUT2D eigenvalue weighted by atomic mass is 32.2. The van der Waals surface area contributed by atoms with E-state index in [1.807, 2.05) is 35.7 Å². The first-order chi connectivity index (χ1) is 13.2. The van der Waals surface area contributed by atoms with Crippen LogP contribution in [0.2, 0.25) is 0 Å². The molecule has 1 aromatic carbocycles. The number of carbonyl (C=O) groups is 1. The molecule has 2 N–H and O–H groups in total. The SMILES string of the molecule is O=C(CSc1nc2scc(-c3ccccc3)c2c(=O)[nH]1)NCc1ccco1. The van der Waals surface area contributed by atoms with Crippen molar-refractivity contribution < 1.29 is 9.21 Å². The molecule has 0 spiro atoms. The summed E-state index contributed by atoms with van der Waals surface area (Å²) < 4.78 is 5.17. The minimum Gasteiger partial charge on any atom is -0.467 e. The number of nitrogens with zero attached hydrogens (tertiary/aromatic N) is 1. The molecular weight excluding hydrogens is 382 g/mol. The topological polar surface area (TPSA) is 88.0 Å². The molecule has 8 heteroatoms. The second-order valence-corrected chi connectivity index (χ2v) is 7.53. The van der Waals surface area contributed by atoms with Crippen molar-refractivity contribution in [3.63, 3.8) is 0 Å². The maximum Gasteiger partial charge on any atom is 0.260 e. The minimum atomic E-state index is -0.196. The molecule has 0 aliphatic rings. The highest BCUT2D eigenvalue weighted by Gasteiger charge is 2.13. The number of furan rings is 1. The van der Waals surface area contributed by atoms with Gasteiger partial charge in [-0.2, -0.15) is 0 Å². The molecule has 136 valence electrons. The molecule has 0 bridgehead atoms. The summed E-state index contributed by atoms with van der Waals surface area (Å²) in [4.78, 5) is 32.5. The standard InChI is InChI=1S/C19H15N3O3S2/c23-15(20-9-13-7-4-8-25-13)11-27-19-21-17(24)16-14(10-26-18(16)22-19)12-5-2-1-3-6-12/h1-8,10H,9,11H2,(H,20,23)(H,21,22,24). The number of fused-ring (bicyclic) bond motifs is 1. The fraction of sp³-hybridized carbons (Fsp3) is 0.105. The number of rotatable bonds is 6. The van der Waals surface area contributed by atoms with E-state index in [4.69, 9.17) is 4.42 Å². The Morgan fingerprint density at radius 1 is 1.22 bits per heavy atom. The number of hydrogen-bond acceptors (Lipinski definition) is 6. The van der Waals surface area contributed by atoms with Gasteiger partial charge in [0.05, 0.1) is 23.9 Å². The molecular formula is C19H15N3O3S2. The van der Waals surface area contributed by atoms with Crippen molar-refractivity contribution in [2.45, 2.75) is 11.7 Å². The molecule has 0 aliphatic heterocycles. The molecule has 0 saturated carbocycles. The normalized spacial score (nSPS) is 11.0. The van der Waals surface area contributed by atoms with E-state index in [9.17, 15) is 9.59 Å². The van der Waals surface area contributed by atoms with Gasteiger partial charge in [-0.05, 0) is 17.7 Å². The van der Waals surface area contributed by atoms with Crippen LogP contribution >= 0.6 is 23.1 Å². The summed E-state index contributed by atoms with van der Waals surface area (Å²) in [6.07, 6.45) is 1.56. The lowest BCUT2D eigenvalue weighted by Gasteiger charge is -2.04. The number of carbonyl (C=O) groups excluding carboxylic acids is 1. The summed E-state index contributed by atoms with van der Waals surface area (Å²) in [7, 11) is 0. The van der Waals surface area contributed by atoms with Gasteiger partial charge < -0.3 is 14.7 Å². The fourth-order valence-corrected chi connectivity index (χ4v) is 4.31. The smallest absolute Gasteiger partial charge is 0.260 e. The van der Waals surface area contributed by atoms with Crippen molar-refractivity contribution in [2.24, 2.45) is 0 Å². The van der Waals surface area contributed by atoms with Gasteiger partial charge in [0.25, 0.3) is 5.56 Å². The molecule has 4 rings (SSSR count). The highest BCUT2D eigenvalue weighted by molar-refractivity contribution is 7.99. The summed E-state index contributed by atoms with van der Waals surface area (Å²) >= 11 is 2.62. The number of thioether (sulfide) groups is 1. The lowest BCUT2D eigenvalue weighted by atomic mass is 10.1. The van der Waals surface area contributed by atoms with Gasteiger partial charge in [-0.1, -0.05) is 42.1 Å².